The summed E-state index contributed by atoms with van der Waals surface area (Å²) < 4.78 is 0. The van der Waals surface area contributed by atoms with Crippen LogP contribution in [-0.2, 0) is 4.79 Å². The van der Waals surface area contributed by atoms with Gasteiger partial charge in [-0.15, -0.1) is 0 Å². The molecule has 0 aliphatic rings. The topological polar surface area (TPSA) is 67.2 Å². The zero-order chi connectivity index (χ0) is 12.7. The zero-order valence-corrected chi connectivity index (χ0v) is 10.4. The minimum absolute atomic E-state index is 0.0267. The van der Waals surface area contributed by atoms with E-state index in [1.165, 1.54) is 0 Å². The summed E-state index contributed by atoms with van der Waals surface area (Å²) in [5, 5.41) is 6.11. The highest BCUT2D eigenvalue weighted by Crippen LogP contribution is 2.08. The third kappa shape index (κ3) is 5.36. The Morgan fingerprint density at radius 1 is 1.29 bits per heavy atom. The van der Waals surface area contributed by atoms with Crippen LogP contribution < -0.4 is 16.4 Å². The Labute approximate surface area is 103 Å². The molecule has 4 nitrogen and oxygen atoms in total. The third-order valence-corrected chi connectivity index (χ3v) is 2.31. The summed E-state index contributed by atoms with van der Waals surface area (Å²) >= 11 is 0. The standard InChI is InChI=1S/C13H21N3O/c1-10(2)15-13(17)8-12(9-14)16-11-6-4-3-5-7-11/h3-7,10,12,16H,8-9,14H2,1-2H3,(H,15,17). The van der Waals surface area contributed by atoms with Crippen LogP contribution in [0.25, 0.3) is 0 Å². The van der Waals surface area contributed by atoms with Crippen LogP contribution in [0.2, 0.25) is 0 Å². The third-order valence-electron chi connectivity index (χ3n) is 2.31. The molecule has 0 radical (unpaired) electrons. The van der Waals surface area contributed by atoms with Crippen molar-refractivity contribution in [3.05, 3.63) is 30.3 Å². The normalized spacial score (nSPS) is 12.2. The maximum absolute atomic E-state index is 11.6. The summed E-state index contributed by atoms with van der Waals surface area (Å²) in [5.41, 5.74) is 6.64. The zero-order valence-electron chi connectivity index (χ0n) is 10.4. The van der Waals surface area contributed by atoms with E-state index in [2.05, 4.69) is 10.6 Å². The molecule has 0 bridgehead atoms. The number of carbonyl (C=O) groups is 1. The lowest BCUT2D eigenvalue weighted by atomic mass is 10.1. The molecule has 0 heterocycles. The Hall–Kier alpha value is -1.55. The average Bonchev–Trinajstić information content (AvgIpc) is 2.28. The summed E-state index contributed by atoms with van der Waals surface area (Å²) in [6.45, 7) is 4.32. The Morgan fingerprint density at radius 2 is 1.94 bits per heavy atom. The highest BCUT2D eigenvalue weighted by Gasteiger charge is 2.12. The molecule has 4 N–H and O–H groups in total. The van der Waals surface area contributed by atoms with Gasteiger partial charge in [0.15, 0.2) is 0 Å². The lowest BCUT2D eigenvalue weighted by Crippen LogP contribution is -2.38. The van der Waals surface area contributed by atoms with Crippen LogP contribution >= 0.6 is 0 Å². The van der Waals surface area contributed by atoms with Crippen LogP contribution in [0.1, 0.15) is 20.3 Å². The fourth-order valence-corrected chi connectivity index (χ4v) is 1.57. The fraction of sp³-hybridized carbons (Fsp3) is 0.462. The van der Waals surface area contributed by atoms with E-state index in [4.69, 9.17) is 5.73 Å². The van der Waals surface area contributed by atoms with Gasteiger partial charge in [0.2, 0.25) is 5.91 Å². The van der Waals surface area contributed by atoms with Gasteiger partial charge in [-0.25, -0.2) is 0 Å². The quantitative estimate of drug-likeness (QED) is 0.697. The first-order valence-corrected chi connectivity index (χ1v) is 5.93. The van der Waals surface area contributed by atoms with Crippen LogP contribution in [0, 0.1) is 0 Å². The molecule has 1 aromatic rings. The molecule has 0 aromatic heterocycles. The van der Waals surface area contributed by atoms with Gasteiger partial charge in [0.1, 0.15) is 0 Å². The van der Waals surface area contributed by atoms with Gasteiger partial charge < -0.3 is 16.4 Å². The van der Waals surface area contributed by atoms with Crippen molar-refractivity contribution in [2.24, 2.45) is 5.73 Å². The lowest BCUT2D eigenvalue weighted by Gasteiger charge is -2.18. The lowest BCUT2D eigenvalue weighted by molar-refractivity contribution is -0.121. The van der Waals surface area contributed by atoms with E-state index in [0.29, 0.717) is 13.0 Å². The highest BCUT2D eigenvalue weighted by atomic mass is 16.1. The second kappa shape index (κ2) is 6.91. The number of benzene rings is 1. The van der Waals surface area contributed by atoms with Crippen molar-refractivity contribution in [2.75, 3.05) is 11.9 Å². The van der Waals surface area contributed by atoms with E-state index in [1.54, 1.807) is 0 Å². The summed E-state index contributed by atoms with van der Waals surface area (Å²) in [6.07, 6.45) is 0.392. The average molecular weight is 235 g/mol. The van der Waals surface area contributed by atoms with Crippen LogP contribution in [0.3, 0.4) is 0 Å². The first-order valence-electron chi connectivity index (χ1n) is 5.93. The van der Waals surface area contributed by atoms with Crippen LogP contribution in [0.15, 0.2) is 30.3 Å². The molecule has 4 heteroatoms. The second-order valence-corrected chi connectivity index (χ2v) is 4.37. The Balaban J connectivity index is 2.46. The van der Waals surface area contributed by atoms with Crippen molar-refractivity contribution < 1.29 is 4.79 Å². The summed E-state index contributed by atoms with van der Waals surface area (Å²) in [4.78, 5) is 11.6. The van der Waals surface area contributed by atoms with Gasteiger partial charge in [-0.3, -0.25) is 4.79 Å². The highest BCUT2D eigenvalue weighted by molar-refractivity contribution is 5.77. The van der Waals surface area contributed by atoms with Crippen molar-refractivity contribution in [2.45, 2.75) is 32.4 Å². The number of hydrogen-bond donors (Lipinski definition) is 3. The van der Waals surface area contributed by atoms with Crippen molar-refractivity contribution in [3.63, 3.8) is 0 Å². The largest absolute Gasteiger partial charge is 0.381 e. The van der Waals surface area contributed by atoms with Gasteiger partial charge in [0.25, 0.3) is 0 Å². The first-order chi connectivity index (χ1) is 8.11. The summed E-state index contributed by atoms with van der Waals surface area (Å²) in [6, 6.07) is 9.91. The number of amides is 1. The molecule has 0 saturated carbocycles. The minimum atomic E-state index is -0.0313. The Morgan fingerprint density at radius 3 is 2.47 bits per heavy atom. The van der Waals surface area contributed by atoms with E-state index in [0.717, 1.165) is 5.69 Å². The van der Waals surface area contributed by atoms with Gasteiger partial charge in [-0.05, 0) is 26.0 Å². The van der Waals surface area contributed by atoms with Gasteiger partial charge in [-0.1, -0.05) is 18.2 Å². The molecular weight excluding hydrogens is 214 g/mol. The van der Waals surface area contributed by atoms with Crippen LogP contribution in [0.4, 0.5) is 5.69 Å². The number of carbonyl (C=O) groups excluding carboxylic acids is 1. The van der Waals surface area contributed by atoms with Gasteiger partial charge in [-0.2, -0.15) is 0 Å². The van der Waals surface area contributed by atoms with Crippen molar-refractivity contribution in [3.8, 4) is 0 Å². The van der Waals surface area contributed by atoms with E-state index in [1.807, 2.05) is 44.2 Å². The van der Waals surface area contributed by atoms with Gasteiger partial charge in [0, 0.05) is 30.7 Å². The number of hydrogen-bond acceptors (Lipinski definition) is 3. The molecule has 0 aliphatic heterocycles. The minimum Gasteiger partial charge on any atom is -0.381 e. The van der Waals surface area contributed by atoms with Crippen molar-refractivity contribution >= 4 is 11.6 Å². The smallest absolute Gasteiger partial charge is 0.222 e. The van der Waals surface area contributed by atoms with Gasteiger partial charge in [0.05, 0.1) is 0 Å². The molecule has 0 fully saturated rings. The molecule has 1 aromatic carbocycles. The predicted molar refractivity (Wildman–Crippen MR) is 70.8 cm³/mol. The molecule has 0 spiro atoms. The van der Waals surface area contributed by atoms with Gasteiger partial charge >= 0.3 is 0 Å². The maximum atomic E-state index is 11.6. The molecule has 0 aliphatic carbocycles. The van der Waals surface area contributed by atoms with E-state index in [-0.39, 0.29) is 18.0 Å². The van der Waals surface area contributed by atoms with Crippen LogP contribution in [-0.4, -0.2) is 24.5 Å². The number of para-hydroxylation sites is 1. The Bertz CT molecular complexity index is 338. The van der Waals surface area contributed by atoms with E-state index >= 15 is 0 Å². The Kier molecular flexibility index (Phi) is 5.49. The fourth-order valence-electron chi connectivity index (χ4n) is 1.57. The van der Waals surface area contributed by atoms with E-state index < -0.39 is 0 Å². The summed E-state index contributed by atoms with van der Waals surface area (Å²) in [7, 11) is 0. The molecule has 17 heavy (non-hydrogen) atoms. The molecule has 94 valence electrons. The second-order valence-electron chi connectivity index (χ2n) is 4.37. The van der Waals surface area contributed by atoms with Crippen molar-refractivity contribution in [1.82, 2.24) is 5.32 Å². The van der Waals surface area contributed by atoms with E-state index in [9.17, 15) is 4.79 Å². The molecule has 1 rings (SSSR count). The molecule has 1 unspecified atom stereocenters. The summed E-state index contributed by atoms with van der Waals surface area (Å²) in [5.74, 6) is 0.0267. The molecule has 1 atom stereocenters. The number of anilines is 1. The SMILES string of the molecule is CC(C)NC(=O)CC(CN)Nc1ccccc1. The molecule has 0 saturated heterocycles. The maximum Gasteiger partial charge on any atom is 0.222 e. The molecule has 1 amide bonds. The number of nitrogens with two attached hydrogens (primary N) is 1. The van der Waals surface area contributed by atoms with Crippen LogP contribution in [0.5, 0.6) is 0 Å². The monoisotopic (exact) mass is 235 g/mol. The van der Waals surface area contributed by atoms with Crippen molar-refractivity contribution in [1.29, 1.82) is 0 Å². The predicted octanol–water partition coefficient (Wildman–Crippen LogP) is 1.34. The number of nitrogens with one attached hydrogen (secondary N) is 2. The first kappa shape index (κ1) is 13.5. The number of rotatable bonds is 6. The molecular formula is C13H21N3O.